The van der Waals surface area contributed by atoms with Crippen LogP contribution in [0.4, 0.5) is 10.1 Å². The summed E-state index contributed by atoms with van der Waals surface area (Å²) in [5, 5.41) is 15.0. The average molecular weight is 444 g/mol. The Labute approximate surface area is 187 Å². The summed E-state index contributed by atoms with van der Waals surface area (Å²) in [6, 6.07) is 4.29. The van der Waals surface area contributed by atoms with E-state index in [2.05, 4.69) is 10.6 Å². The highest BCUT2D eigenvalue weighted by Gasteiger charge is 2.42. The quantitative estimate of drug-likeness (QED) is 0.471. The average Bonchev–Trinajstić information content (AvgIpc) is 2.93. The fourth-order valence-electron chi connectivity index (χ4n) is 4.57. The predicted molar refractivity (Wildman–Crippen MR) is 119 cm³/mol. The van der Waals surface area contributed by atoms with Crippen molar-refractivity contribution in [1.82, 2.24) is 9.88 Å². The molecule has 0 atom stereocenters. The third-order valence-corrected chi connectivity index (χ3v) is 6.08. The van der Waals surface area contributed by atoms with Gasteiger partial charge in [0.1, 0.15) is 5.82 Å². The largest absolute Gasteiger partial charge is 0.393 e. The van der Waals surface area contributed by atoms with Crippen LogP contribution in [0.1, 0.15) is 77.2 Å². The highest BCUT2D eigenvalue weighted by molar-refractivity contribution is 6.43. The second kappa shape index (κ2) is 8.50. The fourth-order valence-corrected chi connectivity index (χ4v) is 4.57. The van der Waals surface area contributed by atoms with Crippen molar-refractivity contribution in [2.45, 2.75) is 65.0 Å². The Balaban J connectivity index is 1.94. The molecule has 0 saturated heterocycles. The Morgan fingerprint density at radius 3 is 2.38 bits per heavy atom. The van der Waals surface area contributed by atoms with E-state index >= 15 is 0 Å². The summed E-state index contributed by atoms with van der Waals surface area (Å²) in [6.07, 6.45) is 0.297. The number of Topliss-reactive ketones (excluding diaryl/α,β-unsaturated/α-hetero) is 1. The molecule has 0 radical (unpaired) electrons. The smallest absolute Gasteiger partial charge is 0.294 e. The van der Waals surface area contributed by atoms with E-state index in [9.17, 15) is 23.9 Å². The van der Waals surface area contributed by atoms with Gasteiger partial charge in [-0.15, -0.1) is 0 Å². The Hall–Kier alpha value is -3.00. The summed E-state index contributed by atoms with van der Waals surface area (Å²) >= 11 is 0. The number of halogens is 1. The van der Waals surface area contributed by atoms with Crippen molar-refractivity contribution < 1.29 is 23.9 Å². The first-order valence-electron chi connectivity index (χ1n) is 10.7. The van der Waals surface area contributed by atoms with Crippen LogP contribution in [-0.4, -0.2) is 38.9 Å². The Morgan fingerprint density at radius 2 is 1.84 bits per heavy atom. The SMILES string of the molecule is Cc1cc(NC(=O)c2c(C)c(C(=O)C(=O)N[C@]3(C)C[C@H](O)C3)n(C)c2C(C)C)ccc1F. The van der Waals surface area contributed by atoms with Crippen LogP contribution in [0, 0.1) is 19.7 Å². The van der Waals surface area contributed by atoms with E-state index in [0.29, 0.717) is 40.9 Å². The minimum atomic E-state index is -0.764. The van der Waals surface area contributed by atoms with Gasteiger partial charge in [0.2, 0.25) is 0 Å². The van der Waals surface area contributed by atoms with Crippen LogP contribution >= 0.6 is 0 Å². The second-order valence-electron chi connectivity index (χ2n) is 9.27. The molecule has 1 aliphatic carbocycles. The van der Waals surface area contributed by atoms with Crippen LogP contribution in [0.2, 0.25) is 0 Å². The number of aliphatic hydroxyl groups excluding tert-OH is 1. The van der Waals surface area contributed by atoms with Gasteiger partial charge in [-0.1, -0.05) is 13.8 Å². The summed E-state index contributed by atoms with van der Waals surface area (Å²) in [6.45, 7) is 8.84. The van der Waals surface area contributed by atoms with Crippen molar-refractivity contribution in [3.63, 3.8) is 0 Å². The molecule has 3 N–H and O–H groups in total. The molecule has 0 aliphatic heterocycles. The number of aliphatic hydroxyl groups is 1. The van der Waals surface area contributed by atoms with Gasteiger partial charge in [-0.05, 0) is 68.9 Å². The number of carbonyl (C=O) groups excluding carboxylic acids is 3. The van der Waals surface area contributed by atoms with Gasteiger partial charge in [0, 0.05) is 24.0 Å². The number of benzene rings is 1. The number of aryl methyl sites for hydroxylation is 1. The van der Waals surface area contributed by atoms with Crippen LogP contribution in [0.25, 0.3) is 0 Å². The number of hydrogen-bond acceptors (Lipinski definition) is 4. The number of amides is 2. The van der Waals surface area contributed by atoms with E-state index < -0.39 is 29.2 Å². The number of ketones is 1. The number of nitrogens with zero attached hydrogens (tertiary/aromatic N) is 1. The highest BCUT2D eigenvalue weighted by atomic mass is 19.1. The standard InChI is InChI=1S/C24H30FN3O4/c1-12(2)19-18(22(31)26-15-7-8-17(25)13(3)9-15)14(4)20(28(19)6)21(30)23(32)27-24(5)10-16(29)11-24/h7-9,12,16,29H,10-11H2,1-6H3,(H,26,31)(H,27,32)/t16-,24+. The van der Waals surface area contributed by atoms with Crippen LogP contribution in [0.15, 0.2) is 18.2 Å². The number of hydrogen-bond donors (Lipinski definition) is 3. The molecule has 3 rings (SSSR count). The molecule has 1 fully saturated rings. The lowest BCUT2D eigenvalue weighted by Gasteiger charge is -2.42. The number of aromatic nitrogens is 1. The van der Waals surface area contributed by atoms with Crippen molar-refractivity contribution in [2.75, 3.05) is 5.32 Å². The van der Waals surface area contributed by atoms with Gasteiger partial charge in [0.25, 0.3) is 17.6 Å². The molecule has 0 unspecified atom stereocenters. The summed E-state index contributed by atoms with van der Waals surface area (Å²) in [5.74, 6) is -2.39. The maximum atomic E-state index is 13.6. The molecule has 1 heterocycles. The van der Waals surface area contributed by atoms with E-state index in [4.69, 9.17) is 0 Å². The molecule has 2 aromatic rings. The third kappa shape index (κ3) is 4.32. The molecular weight excluding hydrogens is 413 g/mol. The summed E-state index contributed by atoms with van der Waals surface area (Å²) in [7, 11) is 1.66. The molecule has 0 spiro atoms. The maximum absolute atomic E-state index is 13.6. The summed E-state index contributed by atoms with van der Waals surface area (Å²) in [4.78, 5) is 38.9. The van der Waals surface area contributed by atoms with Crippen molar-refractivity contribution in [3.8, 4) is 0 Å². The van der Waals surface area contributed by atoms with E-state index in [1.54, 1.807) is 32.4 Å². The minimum absolute atomic E-state index is 0.0988. The lowest BCUT2D eigenvalue weighted by atomic mass is 9.76. The van der Waals surface area contributed by atoms with E-state index in [-0.39, 0.29) is 17.4 Å². The van der Waals surface area contributed by atoms with Gasteiger partial charge in [0.15, 0.2) is 0 Å². The Bertz CT molecular complexity index is 1100. The fraction of sp³-hybridized carbons (Fsp3) is 0.458. The van der Waals surface area contributed by atoms with Gasteiger partial charge >= 0.3 is 0 Å². The van der Waals surface area contributed by atoms with Gasteiger partial charge in [-0.25, -0.2) is 4.39 Å². The molecule has 1 aromatic heterocycles. The number of rotatable bonds is 6. The molecule has 1 aromatic carbocycles. The lowest BCUT2D eigenvalue weighted by Crippen LogP contribution is -2.58. The third-order valence-electron chi connectivity index (χ3n) is 6.08. The van der Waals surface area contributed by atoms with E-state index in [0.717, 1.165) is 0 Å². The van der Waals surface area contributed by atoms with Crippen molar-refractivity contribution in [3.05, 3.63) is 52.1 Å². The first-order chi connectivity index (χ1) is 14.8. The Kier molecular flexibility index (Phi) is 6.29. The van der Waals surface area contributed by atoms with E-state index in [1.807, 2.05) is 13.8 Å². The van der Waals surface area contributed by atoms with Crippen LogP contribution < -0.4 is 10.6 Å². The van der Waals surface area contributed by atoms with Gasteiger partial charge in [-0.3, -0.25) is 14.4 Å². The first-order valence-corrected chi connectivity index (χ1v) is 10.7. The van der Waals surface area contributed by atoms with Crippen LogP contribution in [0.3, 0.4) is 0 Å². The van der Waals surface area contributed by atoms with Crippen molar-refractivity contribution in [2.24, 2.45) is 7.05 Å². The van der Waals surface area contributed by atoms with Crippen LogP contribution in [-0.2, 0) is 11.8 Å². The molecule has 2 amide bonds. The lowest BCUT2D eigenvalue weighted by molar-refractivity contribution is -0.121. The van der Waals surface area contributed by atoms with Gasteiger partial charge in [0.05, 0.1) is 17.4 Å². The summed E-state index contributed by atoms with van der Waals surface area (Å²) in [5.41, 5.74) is 1.73. The minimum Gasteiger partial charge on any atom is -0.393 e. The topological polar surface area (TPSA) is 100 Å². The van der Waals surface area contributed by atoms with Crippen molar-refractivity contribution in [1.29, 1.82) is 0 Å². The number of carbonyl (C=O) groups is 3. The van der Waals surface area contributed by atoms with E-state index in [1.165, 1.54) is 18.2 Å². The van der Waals surface area contributed by atoms with Gasteiger partial charge in [-0.2, -0.15) is 0 Å². The zero-order valence-electron chi connectivity index (χ0n) is 19.3. The Morgan fingerprint density at radius 1 is 1.22 bits per heavy atom. The normalized spacial score (nSPS) is 20.1. The zero-order chi connectivity index (χ0) is 24.0. The molecular formula is C24H30FN3O4. The molecule has 1 aliphatic rings. The molecule has 7 nitrogen and oxygen atoms in total. The molecule has 172 valence electrons. The number of anilines is 1. The second-order valence-corrected chi connectivity index (χ2v) is 9.27. The predicted octanol–water partition coefficient (Wildman–Crippen LogP) is 3.37. The highest BCUT2D eigenvalue weighted by Crippen LogP contribution is 2.33. The van der Waals surface area contributed by atoms with Crippen molar-refractivity contribution >= 4 is 23.3 Å². The molecule has 32 heavy (non-hydrogen) atoms. The van der Waals surface area contributed by atoms with Crippen LogP contribution in [0.5, 0.6) is 0 Å². The zero-order valence-corrected chi connectivity index (χ0v) is 19.3. The van der Waals surface area contributed by atoms with Gasteiger partial charge < -0.3 is 20.3 Å². The molecule has 0 bridgehead atoms. The molecule has 1 saturated carbocycles. The summed E-state index contributed by atoms with van der Waals surface area (Å²) < 4.78 is 15.2. The molecule has 8 heteroatoms. The monoisotopic (exact) mass is 443 g/mol. The first kappa shape index (κ1) is 23.7. The number of nitrogens with one attached hydrogen (secondary N) is 2. The maximum Gasteiger partial charge on any atom is 0.294 e.